The van der Waals surface area contributed by atoms with Crippen LogP contribution in [-0.2, 0) is 19.6 Å². The van der Waals surface area contributed by atoms with Crippen LogP contribution in [0.3, 0.4) is 0 Å². The molecule has 4 aromatic carbocycles. The van der Waals surface area contributed by atoms with Crippen molar-refractivity contribution in [1.29, 1.82) is 0 Å². The molecule has 5 aromatic rings. The smallest absolute Gasteiger partial charge is 0.332 e. The maximum absolute atomic E-state index is 14.4. The van der Waals surface area contributed by atoms with Crippen molar-refractivity contribution in [2.45, 2.75) is 19.6 Å². The minimum absolute atomic E-state index is 0.00128. The number of carbonyl (C=O) groups excluding carboxylic acids is 1. The van der Waals surface area contributed by atoms with E-state index in [1.165, 1.54) is 10.6 Å². The van der Waals surface area contributed by atoms with Crippen LogP contribution in [0.15, 0.2) is 107 Å². The van der Waals surface area contributed by atoms with Crippen LogP contribution in [0, 0.1) is 5.82 Å². The lowest BCUT2D eigenvalue weighted by molar-refractivity contribution is 0.0951. The van der Waals surface area contributed by atoms with E-state index >= 15 is 0 Å². The summed E-state index contributed by atoms with van der Waals surface area (Å²) in [6.07, 6.45) is 0. The van der Waals surface area contributed by atoms with Crippen molar-refractivity contribution in [3.8, 4) is 0 Å². The maximum atomic E-state index is 14.4. The molecule has 0 aliphatic carbocycles. The molecule has 0 saturated carbocycles. The Labute approximate surface area is 222 Å². The number of para-hydroxylation sites is 1. The summed E-state index contributed by atoms with van der Waals surface area (Å²) in [5.74, 6) is -0.698. The first-order valence-electron chi connectivity index (χ1n) is 12.0. The van der Waals surface area contributed by atoms with E-state index < -0.39 is 17.1 Å². The van der Waals surface area contributed by atoms with Gasteiger partial charge in [0.15, 0.2) is 0 Å². The highest BCUT2D eigenvalue weighted by Gasteiger charge is 2.15. The number of aromatic nitrogens is 2. The second-order valence-corrected chi connectivity index (χ2v) is 9.25. The fraction of sp³-hybridized carbons (Fsp3) is 0.100. The number of rotatable bonds is 7. The van der Waals surface area contributed by atoms with Crippen molar-refractivity contribution in [3.05, 3.63) is 151 Å². The average Bonchev–Trinajstić information content (AvgIpc) is 2.94. The molecular formula is C30H23ClFN3O3. The molecule has 1 amide bonds. The molecule has 8 heteroatoms. The molecule has 0 aliphatic rings. The van der Waals surface area contributed by atoms with E-state index in [0.29, 0.717) is 32.6 Å². The fourth-order valence-electron chi connectivity index (χ4n) is 4.32. The summed E-state index contributed by atoms with van der Waals surface area (Å²) in [5.41, 5.74) is 1.71. The molecule has 0 saturated heterocycles. The third-order valence-corrected chi connectivity index (χ3v) is 6.74. The van der Waals surface area contributed by atoms with Crippen LogP contribution in [0.1, 0.15) is 27.0 Å². The van der Waals surface area contributed by atoms with E-state index in [2.05, 4.69) is 5.32 Å². The SMILES string of the molecule is O=C(NCc1ccccc1Cl)c1ccc(Cn2c(=O)c3ccccc3n(Cc3ccccc3F)c2=O)cc1. The van der Waals surface area contributed by atoms with Crippen LogP contribution in [-0.4, -0.2) is 15.0 Å². The van der Waals surface area contributed by atoms with Gasteiger partial charge < -0.3 is 5.32 Å². The number of nitrogens with one attached hydrogen (secondary N) is 1. The molecule has 0 atom stereocenters. The molecule has 1 aromatic heterocycles. The normalized spacial score (nSPS) is 11.0. The summed E-state index contributed by atoms with van der Waals surface area (Å²) in [5, 5.41) is 3.77. The maximum Gasteiger partial charge on any atom is 0.332 e. The number of hydrogen-bond acceptors (Lipinski definition) is 3. The number of carbonyl (C=O) groups is 1. The van der Waals surface area contributed by atoms with Crippen LogP contribution >= 0.6 is 11.6 Å². The lowest BCUT2D eigenvalue weighted by atomic mass is 10.1. The third-order valence-electron chi connectivity index (χ3n) is 6.37. The molecule has 1 heterocycles. The molecule has 0 bridgehead atoms. The molecule has 38 heavy (non-hydrogen) atoms. The van der Waals surface area contributed by atoms with Gasteiger partial charge in [0.25, 0.3) is 11.5 Å². The van der Waals surface area contributed by atoms with Gasteiger partial charge in [-0.2, -0.15) is 0 Å². The van der Waals surface area contributed by atoms with Gasteiger partial charge in [0.1, 0.15) is 5.82 Å². The molecule has 0 radical (unpaired) electrons. The van der Waals surface area contributed by atoms with Crippen LogP contribution in [0.4, 0.5) is 4.39 Å². The molecular weight excluding hydrogens is 505 g/mol. The first-order chi connectivity index (χ1) is 18.4. The molecule has 0 fully saturated rings. The monoisotopic (exact) mass is 527 g/mol. The Morgan fingerprint density at radius 3 is 2.16 bits per heavy atom. The molecule has 5 rings (SSSR count). The lowest BCUT2D eigenvalue weighted by Gasteiger charge is -2.15. The predicted octanol–water partition coefficient (Wildman–Crippen LogP) is 4.98. The Balaban J connectivity index is 1.42. The van der Waals surface area contributed by atoms with Gasteiger partial charge in [-0.1, -0.05) is 72.3 Å². The van der Waals surface area contributed by atoms with Gasteiger partial charge in [0.2, 0.25) is 0 Å². The summed E-state index contributed by atoms with van der Waals surface area (Å²) in [4.78, 5) is 39.3. The Hall–Kier alpha value is -4.49. The highest BCUT2D eigenvalue weighted by atomic mass is 35.5. The van der Waals surface area contributed by atoms with E-state index in [1.54, 1.807) is 72.8 Å². The zero-order chi connectivity index (χ0) is 26.6. The number of fused-ring (bicyclic) bond motifs is 1. The average molecular weight is 528 g/mol. The first kappa shape index (κ1) is 25.2. The van der Waals surface area contributed by atoms with Gasteiger partial charge in [0.05, 0.1) is 24.0 Å². The molecule has 0 spiro atoms. The lowest BCUT2D eigenvalue weighted by Crippen LogP contribution is -2.40. The summed E-state index contributed by atoms with van der Waals surface area (Å²) in [6.45, 7) is 0.270. The molecule has 190 valence electrons. The second-order valence-electron chi connectivity index (χ2n) is 8.84. The van der Waals surface area contributed by atoms with Gasteiger partial charge in [-0.3, -0.25) is 18.7 Å². The van der Waals surface area contributed by atoms with Gasteiger partial charge in [0, 0.05) is 22.7 Å². The van der Waals surface area contributed by atoms with Crippen molar-refractivity contribution < 1.29 is 9.18 Å². The van der Waals surface area contributed by atoms with Crippen LogP contribution in [0.25, 0.3) is 10.9 Å². The van der Waals surface area contributed by atoms with Crippen molar-refractivity contribution in [3.63, 3.8) is 0 Å². The van der Waals surface area contributed by atoms with Gasteiger partial charge in [-0.25, -0.2) is 9.18 Å². The minimum atomic E-state index is -0.543. The van der Waals surface area contributed by atoms with E-state index in [4.69, 9.17) is 11.6 Å². The van der Waals surface area contributed by atoms with Crippen LogP contribution in [0.5, 0.6) is 0 Å². The van der Waals surface area contributed by atoms with Crippen LogP contribution < -0.4 is 16.6 Å². The van der Waals surface area contributed by atoms with Crippen LogP contribution in [0.2, 0.25) is 5.02 Å². The summed E-state index contributed by atoms with van der Waals surface area (Å²) in [6, 6.07) is 27.0. The fourth-order valence-corrected chi connectivity index (χ4v) is 4.53. The topological polar surface area (TPSA) is 73.1 Å². The molecule has 1 N–H and O–H groups in total. The summed E-state index contributed by atoms with van der Waals surface area (Å²) >= 11 is 6.15. The quantitative estimate of drug-likeness (QED) is 0.324. The Bertz CT molecular complexity index is 1760. The van der Waals surface area contributed by atoms with E-state index in [0.717, 1.165) is 10.1 Å². The van der Waals surface area contributed by atoms with Crippen molar-refractivity contribution in [1.82, 2.24) is 14.5 Å². The van der Waals surface area contributed by atoms with E-state index in [-0.39, 0.29) is 25.5 Å². The number of halogens is 2. The highest BCUT2D eigenvalue weighted by Crippen LogP contribution is 2.16. The van der Waals surface area contributed by atoms with Gasteiger partial charge >= 0.3 is 5.69 Å². The van der Waals surface area contributed by atoms with E-state index in [9.17, 15) is 18.8 Å². The van der Waals surface area contributed by atoms with Crippen molar-refractivity contribution >= 4 is 28.4 Å². The molecule has 0 aliphatic heterocycles. The number of amides is 1. The minimum Gasteiger partial charge on any atom is -0.348 e. The standard InChI is InChI=1S/C30H23ClFN3O3/c31-25-10-4-1-7-22(25)17-33-28(36)21-15-13-20(14-16-21)18-35-29(37)24-9-3-6-12-27(24)34(30(35)38)19-23-8-2-5-11-26(23)32/h1-16H,17-19H2,(H,33,36). The van der Waals surface area contributed by atoms with E-state index in [1.807, 2.05) is 18.2 Å². The van der Waals surface area contributed by atoms with Gasteiger partial charge in [-0.15, -0.1) is 0 Å². The highest BCUT2D eigenvalue weighted by molar-refractivity contribution is 6.31. The Morgan fingerprint density at radius 2 is 1.42 bits per heavy atom. The van der Waals surface area contributed by atoms with Crippen molar-refractivity contribution in [2.24, 2.45) is 0 Å². The number of nitrogens with zero attached hydrogens (tertiary/aromatic N) is 2. The predicted molar refractivity (Wildman–Crippen MR) is 146 cm³/mol. The second kappa shape index (κ2) is 10.9. The Morgan fingerprint density at radius 1 is 0.763 bits per heavy atom. The number of hydrogen-bond donors (Lipinski definition) is 1. The first-order valence-corrected chi connectivity index (χ1v) is 12.4. The number of benzene rings is 4. The zero-order valence-electron chi connectivity index (χ0n) is 20.2. The van der Waals surface area contributed by atoms with Gasteiger partial charge in [-0.05, 0) is 47.5 Å². The largest absolute Gasteiger partial charge is 0.348 e. The Kier molecular flexibility index (Phi) is 7.20. The molecule has 0 unspecified atom stereocenters. The third kappa shape index (κ3) is 5.14. The summed E-state index contributed by atoms with van der Waals surface area (Å²) < 4.78 is 16.9. The zero-order valence-corrected chi connectivity index (χ0v) is 21.0. The molecule has 6 nitrogen and oxygen atoms in total. The summed E-state index contributed by atoms with van der Waals surface area (Å²) in [7, 11) is 0. The van der Waals surface area contributed by atoms with Crippen molar-refractivity contribution in [2.75, 3.05) is 0 Å².